The van der Waals surface area contributed by atoms with Gasteiger partial charge in [0, 0.05) is 17.8 Å². The number of nitrogens with one attached hydrogen (secondary N) is 1. The number of rotatable bonds is 5. The summed E-state index contributed by atoms with van der Waals surface area (Å²) in [5, 5.41) is 0.341. The highest BCUT2D eigenvalue weighted by Crippen LogP contribution is 2.29. The third-order valence-electron chi connectivity index (χ3n) is 2.76. The number of sulfonamides is 1. The van der Waals surface area contributed by atoms with Crippen molar-refractivity contribution in [2.45, 2.75) is 18.0 Å². The van der Waals surface area contributed by atoms with Gasteiger partial charge in [0.2, 0.25) is 10.0 Å². The molecule has 0 aliphatic rings. The molecule has 3 N–H and O–H groups in total. The van der Waals surface area contributed by atoms with E-state index in [0.717, 1.165) is 0 Å². The minimum Gasteiger partial charge on any atom is -0.326 e. The molecule has 2 rings (SSSR count). The number of nitrogens with zero attached hydrogens (tertiary/aromatic N) is 1. The highest BCUT2D eigenvalue weighted by molar-refractivity contribution is 7.89. The lowest BCUT2D eigenvalue weighted by Crippen LogP contribution is -2.24. The lowest BCUT2D eigenvalue weighted by atomic mass is 10.2. The van der Waals surface area contributed by atoms with Crippen molar-refractivity contribution in [3.63, 3.8) is 0 Å². The van der Waals surface area contributed by atoms with Crippen LogP contribution in [-0.4, -0.2) is 13.4 Å². The van der Waals surface area contributed by atoms with Crippen molar-refractivity contribution < 1.29 is 8.42 Å². The monoisotopic (exact) mass is 345 g/mol. The van der Waals surface area contributed by atoms with E-state index in [2.05, 4.69) is 9.71 Å². The maximum absolute atomic E-state index is 12.3. The normalized spacial score (nSPS) is 11.6. The van der Waals surface area contributed by atoms with Gasteiger partial charge in [-0.25, -0.2) is 13.1 Å². The maximum atomic E-state index is 12.3. The zero-order valence-corrected chi connectivity index (χ0v) is 13.2. The van der Waals surface area contributed by atoms with Gasteiger partial charge in [-0.2, -0.15) is 0 Å². The summed E-state index contributed by atoms with van der Waals surface area (Å²) in [6, 6.07) is 8.08. The van der Waals surface area contributed by atoms with Crippen LogP contribution >= 0.6 is 23.2 Å². The van der Waals surface area contributed by atoms with E-state index in [0.29, 0.717) is 11.3 Å². The predicted octanol–water partition coefficient (Wildman–Crippen LogP) is 2.33. The first-order valence-corrected chi connectivity index (χ1v) is 8.25. The number of halogens is 2. The van der Waals surface area contributed by atoms with E-state index >= 15 is 0 Å². The Morgan fingerprint density at radius 3 is 2.62 bits per heavy atom. The average molecular weight is 346 g/mol. The Kier molecular flexibility index (Phi) is 5.18. The third-order valence-corrected chi connectivity index (χ3v) is 4.96. The second kappa shape index (κ2) is 6.72. The summed E-state index contributed by atoms with van der Waals surface area (Å²) in [4.78, 5) is 3.95. The van der Waals surface area contributed by atoms with Gasteiger partial charge in [0.1, 0.15) is 4.90 Å². The van der Waals surface area contributed by atoms with Gasteiger partial charge in [-0.15, -0.1) is 0 Å². The molecule has 0 atom stereocenters. The number of hydrogen-bond donors (Lipinski definition) is 2. The SMILES string of the molecule is NCc1cc(Cl)cc(S(=O)(=O)NCc2ccccn2)c1Cl. The molecule has 0 bridgehead atoms. The van der Waals surface area contributed by atoms with Gasteiger partial charge in [0.25, 0.3) is 0 Å². The molecule has 0 saturated heterocycles. The standard InChI is InChI=1S/C13H13Cl2N3O2S/c14-10-5-9(7-16)13(15)12(6-10)21(19,20)18-8-11-3-1-2-4-17-11/h1-6,18H,7-8,16H2. The molecule has 0 aliphatic heterocycles. The van der Waals surface area contributed by atoms with E-state index in [4.69, 9.17) is 28.9 Å². The molecule has 1 aromatic heterocycles. The summed E-state index contributed by atoms with van der Waals surface area (Å²) in [5.41, 5.74) is 6.60. The maximum Gasteiger partial charge on any atom is 0.242 e. The number of benzene rings is 1. The van der Waals surface area contributed by atoms with Crippen molar-refractivity contribution >= 4 is 33.2 Å². The van der Waals surface area contributed by atoms with Crippen LogP contribution in [0.25, 0.3) is 0 Å². The lowest BCUT2D eigenvalue weighted by Gasteiger charge is -2.11. The van der Waals surface area contributed by atoms with Crippen molar-refractivity contribution in [1.82, 2.24) is 9.71 Å². The van der Waals surface area contributed by atoms with E-state index in [-0.39, 0.29) is 28.0 Å². The summed E-state index contributed by atoms with van der Waals surface area (Å²) < 4.78 is 27.1. The molecular weight excluding hydrogens is 333 g/mol. The van der Waals surface area contributed by atoms with Crippen LogP contribution in [0.1, 0.15) is 11.3 Å². The van der Waals surface area contributed by atoms with Crippen molar-refractivity contribution in [2.75, 3.05) is 0 Å². The van der Waals surface area contributed by atoms with Gasteiger partial charge in [0.15, 0.2) is 0 Å². The van der Waals surface area contributed by atoms with Crippen LogP contribution < -0.4 is 10.5 Å². The molecular formula is C13H13Cl2N3O2S. The van der Waals surface area contributed by atoms with E-state index in [1.54, 1.807) is 30.5 Å². The Bertz CT molecular complexity index is 737. The van der Waals surface area contributed by atoms with Gasteiger partial charge in [-0.1, -0.05) is 29.3 Å². The van der Waals surface area contributed by atoms with Crippen LogP contribution in [0.5, 0.6) is 0 Å². The Labute approximate surface area is 133 Å². The zero-order chi connectivity index (χ0) is 15.5. The molecule has 0 spiro atoms. The van der Waals surface area contributed by atoms with Gasteiger partial charge < -0.3 is 5.73 Å². The molecule has 8 heteroatoms. The third kappa shape index (κ3) is 3.93. The van der Waals surface area contributed by atoms with E-state index < -0.39 is 10.0 Å². The van der Waals surface area contributed by atoms with Crippen LogP contribution in [0, 0.1) is 0 Å². The van der Waals surface area contributed by atoms with Gasteiger partial charge in [0.05, 0.1) is 17.3 Å². The van der Waals surface area contributed by atoms with Gasteiger partial charge >= 0.3 is 0 Å². The first-order chi connectivity index (χ1) is 9.94. The number of nitrogens with two attached hydrogens (primary N) is 1. The highest BCUT2D eigenvalue weighted by Gasteiger charge is 2.20. The predicted molar refractivity (Wildman–Crippen MR) is 82.6 cm³/mol. The van der Waals surface area contributed by atoms with Crippen molar-refractivity contribution in [3.05, 3.63) is 57.8 Å². The number of pyridine rings is 1. The largest absolute Gasteiger partial charge is 0.326 e. The fourth-order valence-electron chi connectivity index (χ4n) is 1.71. The molecule has 21 heavy (non-hydrogen) atoms. The van der Waals surface area contributed by atoms with E-state index in [9.17, 15) is 8.42 Å². The molecule has 1 heterocycles. The molecule has 0 amide bonds. The molecule has 0 fully saturated rings. The van der Waals surface area contributed by atoms with Crippen molar-refractivity contribution in [1.29, 1.82) is 0 Å². The first-order valence-electron chi connectivity index (χ1n) is 6.01. The first kappa shape index (κ1) is 16.2. The lowest BCUT2D eigenvalue weighted by molar-refractivity contribution is 0.580. The molecule has 0 saturated carbocycles. The van der Waals surface area contributed by atoms with E-state index in [1.165, 1.54) is 6.07 Å². The minimum absolute atomic E-state index is 0.0595. The van der Waals surface area contributed by atoms with E-state index in [1.807, 2.05) is 0 Å². The van der Waals surface area contributed by atoms with Crippen LogP contribution in [-0.2, 0) is 23.1 Å². The van der Waals surface area contributed by atoms with Crippen LogP contribution in [0.4, 0.5) is 0 Å². The van der Waals surface area contributed by atoms with Crippen LogP contribution in [0.15, 0.2) is 41.4 Å². The summed E-state index contributed by atoms with van der Waals surface area (Å²) in [7, 11) is -3.81. The van der Waals surface area contributed by atoms with Crippen LogP contribution in [0.3, 0.4) is 0 Å². The van der Waals surface area contributed by atoms with Gasteiger partial charge in [-0.3, -0.25) is 4.98 Å². The highest BCUT2D eigenvalue weighted by atomic mass is 35.5. The Hall–Kier alpha value is -1.18. The molecule has 0 unspecified atom stereocenters. The van der Waals surface area contributed by atoms with Crippen LogP contribution in [0.2, 0.25) is 10.0 Å². The summed E-state index contributed by atoms with van der Waals surface area (Å²) in [5.74, 6) is 0. The Balaban J connectivity index is 2.30. The fourth-order valence-corrected chi connectivity index (χ4v) is 3.65. The molecule has 2 aromatic rings. The average Bonchev–Trinajstić information content (AvgIpc) is 2.48. The van der Waals surface area contributed by atoms with Crippen molar-refractivity contribution in [2.24, 2.45) is 5.73 Å². The quantitative estimate of drug-likeness (QED) is 0.870. The smallest absolute Gasteiger partial charge is 0.242 e. The number of aromatic nitrogens is 1. The second-order valence-corrected chi connectivity index (χ2v) is 6.78. The van der Waals surface area contributed by atoms with Crippen molar-refractivity contribution in [3.8, 4) is 0 Å². The number of hydrogen-bond acceptors (Lipinski definition) is 4. The molecule has 0 aliphatic carbocycles. The fraction of sp³-hybridized carbons (Fsp3) is 0.154. The molecule has 5 nitrogen and oxygen atoms in total. The minimum atomic E-state index is -3.81. The molecule has 1 aromatic carbocycles. The summed E-state index contributed by atoms with van der Waals surface area (Å²) in [6.45, 7) is 0.159. The topological polar surface area (TPSA) is 85.1 Å². The zero-order valence-electron chi connectivity index (χ0n) is 10.9. The molecule has 0 radical (unpaired) electrons. The summed E-state index contributed by atoms with van der Waals surface area (Å²) >= 11 is 12.0. The second-order valence-electron chi connectivity index (χ2n) is 4.23. The molecule has 112 valence electrons. The van der Waals surface area contributed by atoms with Gasteiger partial charge in [-0.05, 0) is 29.8 Å². The Morgan fingerprint density at radius 2 is 2.00 bits per heavy atom. The Morgan fingerprint density at radius 1 is 1.24 bits per heavy atom. The summed E-state index contributed by atoms with van der Waals surface area (Å²) in [6.07, 6.45) is 1.59.